The standard InChI is InChI=1S/C16H25NO3/c1-12(2)8-13(3)17(4)16(19)11-20-15-7-5-6-14(9-15)10-18/h5-7,9,12-13,18H,8,10-11H2,1-4H3. The van der Waals surface area contributed by atoms with Crippen molar-refractivity contribution in [2.45, 2.75) is 39.8 Å². The van der Waals surface area contributed by atoms with Crippen LogP contribution in [0.2, 0.25) is 0 Å². The summed E-state index contributed by atoms with van der Waals surface area (Å²) in [6.07, 6.45) is 0.974. The van der Waals surface area contributed by atoms with Gasteiger partial charge in [0.25, 0.3) is 5.91 Å². The van der Waals surface area contributed by atoms with Gasteiger partial charge in [0.1, 0.15) is 5.75 Å². The molecule has 0 heterocycles. The van der Waals surface area contributed by atoms with Gasteiger partial charge in [-0.25, -0.2) is 0 Å². The molecule has 1 aromatic carbocycles. The number of aliphatic hydroxyl groups excluding tert-OH is 1. The lowest BCUT2D eigenvalue weighted by Gasteiger charge is -2.26. The summed E-state index contributed by atoms with van der Waals surface area (Å²) in [5, 5.41) is 9.05. The molecule has 0 saturated carbocycles. The number of rotatable bonds is 7. The number of benzene rings is 1. The van der Waals surface area contributed by atoms with Crippen LogP contribution in [0.3, 0.4) is 0 Å². The van der Waals surface area contributed by atoms with Crippen LogP contribution in [0.5, 0.6) is 5.75 Å². The second-order valence-electron chi connectivity index (χ2n) is 5.58. The monoisotopic (exact) mass is 279 g/mol. The summed E-state index contributed by atoms with van der Waals surface area (Å²) in [4.78, 5) is 13.8. The zero-order valence-corrected chi connectivity index (χ0v) is 12.8. The molecule has 0 radical (unpaired) electrons. The first-order valence-electron chi connectivity index (χ1n) is 7.02. The number of aliphatic hydroxyl groups is 1. The molecule has 1 atom stereocenters. The molecule has 1 rings (SSSR count). The van der Waals surface area contributed by atoms with Crippen molar-refractivity contribution < 1.29 is 14.6 Å². The highest BCUT2D eigenvalue weighted by Crippen LogP contribution is 2.14. The molecule has 1 unspecified atom stereocenters. The number of nitrogens with zero attached hydrogens (tertiary/aromatic N) is 1. The molecule has 0 aromatic heterocycles. The van der Waals surface area contributed by atoms with Crippen molar-refractivity contribution in [1.29, 1.82) is 0 Å². The Labute approximate surface area is 121 Å². The van der Waals surface area contributed by atoms with E-state index in [1.807, 2.05) is 20.0 Å². The normalized spacial score (nSPS) is 12.3. The van der Waals surface area contributed by atoms with E-state index in [0.29, 0.717) is 11.7 Å². The van der Waals surface area contributed by atoms with Gasteiger partial charge in [0.2, 0.25) is 0 Å². The van der Waals surface area contributed by atoms with E-state index in [9.17, 15) is 4.79 Å². The maximum absolute atomic E-state index is 12.0. The van der Waals surface area contributed by atoms with Gasteiger partial charge in [-0.2, -0.15) is 0 Å². The second-order valence-corrected chi connectivity index (χ2v) is 5.58. The molecule has 0 saturated heterocycles. The Hall–Kier alpha value is -1.55. The minimum Gasteiger partial charge on any atom is -0.484 e. The smallest absolute Gasteiger partial charge is 0.260 e. The Morgan fingerprint density at radius 2 is 2.05 bits per heavy atom. The zero-order valence-electron chi connectivity index (χ0n) is 12.8. The van der Waals surface area contributed by atoms with E-state index in [0.717, 1.165) is 12.0 Å². The lowest BCUT2D eigenvalue weighted by atomic mass is 10.0. The Bertz CT molecular complexity index is 431. The molecule has 0 aliphatic carbocycles. The summed E-state index contributed by atoms with van der Waals surface area (Å²) in [7, 11) is 1.81. The van der Waals surface area contributed by atoms with Gasteiger partial charge in [-0.3, -0.25) is 4.79 Å². The van der Waals surface area contributed by atoms with Gasteiger partial charge >= 0.3 is 0 Å². The molecular weight excluding hydrogens is 254 g/mol. The topological polar surface area (TPSA) is 49.8 Å². The van der Waals surface area contributed by atoms with Crippen LogP contribution < -0.4 is 4.74 Å². The molecule has 112 valence electrons. The lowest BCUT2D eigenvalue weighted by molar-refractivity contribution is -0.134. The molecule has 0 spiro atoms. The van der Waals surface area contributed by atoms with Crippen LogP contribution in [0.15, 0.2) is 24.3 Å². The maximum atomic E-state index is 12.0. The molecule has 1 aromatic rings. The van der Waals surface area contributed by atoms with Gasteiger partial charge in [0.15, 0.2) is 6.61 Å². The predicted molar refractivity (Wildman–Crippen MR) is 79.5 cm³/mol. The fourth-order valence-corrected chi connectivity index (χ4v) is 2.07. The van der Waals surface area contributed by atoms with Gasteiger partial charge in [-0.1, -0.05) is 26.0 Å². The number of carbonyl (C=O) groups is 1. The highest BCUT2D eigenvalue weighted by Gasteiger charge is 2.17. The fraction of sp³-hybridized carbons (Fsp3) is 0.562. The third-order valence-electron chi connectivity index (χ3n) is 3.31. The van der Waals surface area contributed by atoms with Crippen molar-refractivity contribution in [3.05, 3.63) is 29.8 Å². The molecule has 1 amide bonds. The summed E-state index contributed by atoms with van der Waals surface area (Å²) in [6, 6.07) is 7.34. The van der Waals surface area contributed by atoms with E-state index in [1.165, 1.54) is 0 Å². The van der Waals surface area contributed by atoms with E-state index >= 15 is 0 Å². The molecule has 0 aliphatic heterocycles. The molecule has 20 heavy (non-hydrogen) atoms. The van der Waals surface area contributed by atoms with Crippen LogP contribution in [0.4, 0.5) is 0 Å². The van der Waals surface area contributed by atoms with Crippen LogP contribution in [0, 0.1) is 5.92 Å². The third kappa shape index (κ3) is 5.21. The van der Waals surface area contributed by atoms with Gasteiger partial charge in [0, 0.05) is 13.1 Å². The maximum Gasteiger partial charge on any atom is 0.260 e. The van der Waals surface area contributed by atoms with E-state index in [1.54, 1.807) is 23.1 Å². The lowest BCUT2D eigenvalue weighted by Crippen LogP contribution is -2.38. The predicted octanol–water partition coefficient (Wildman–Crippen LogP) is 2.45. The first kappa shape index (κ1) is 16.5. The van der Waals surface area contributed by atoms with Crippen LogP contribution in [-0.2, 0) is 11.4 Å². The minimum absolute atomic E-state index is 0.0216. The average Bonchev–Trinajstić information content (AvgIpc) is 2.43. The van der Waals surface area contributed by atoms with Crippen LogP contribution in [0.1, 0.15) is 32.8 Å². The average molecular weight is 279 g/mol. The largest absolute Gasteiger partial charge is 0.484 e. The van der Waals surface area contributed by atoms with Gasteiger partial charge in [-0.15, -0.1) is 0 Å². The summed E-state index contributed by atoms with van der Waals surface area (Å²) < 4.78 is 5.48. The number of ether oxygens (including phenoxy) is 1. The molecule has 0 aliphatic rings. The van der Waals surface area contributed by atoms with Crippen LogP contribution in [-0.4, -0.2) is 35.6 Å². The Morgan fingerprint density at radius 1 is 1.35 bits per heavy atom. The van der Waals surface area contributed by atoms with E-state index in [4.69, 9.17) is 9.84 Å². The van der Waals surface area contributed by atoms with Gasteiger partial charge in [0.05, 0.1) is 6.61 Å². The molecule has 0 fully saturated rings. The Kier molecular flexibility index (Phi) is 6.52. The summed E-state index contributed by atoms with van der Waals surface area (Å²) in [5.41, 5.74) is 0.775. The molecule has 4 heteroatoms. The number of carbonyl (C=O) groups excluding carboxylic acids is 1. The number of hydrogen-bond acceptors (Lipinski definition) is 3. The van der Waals surface area contributed by atoms with Crippen molar-refractivity contribution in [2.24, 2.45) is 5.92 Å². The number of hydrogen-bond donors (Lipinski definition) is 1. The quantitative estimate of drug-likeness (QED) is 0.834. The van der Waals surface area contributed by atoms with Crippen LogP contribution >= 0.6 is 0 Å². The number of likely N-dealkylation sites (N-methyl/N-ethyl adjacent to an activating group) is 1. The first-order chi connectivity index (χ1) is 9.43. The van der Waals surface area contributed by atoms with E-state index in [-0.39, 0.29) is 25.2 Å². The summed E-state index contributed by atoms with van der Waals surface area (Å²) in [5.74, 6) is 1.13. The van der Waals surface area contributed by atoms with Crippen molar-refractivity contribution in [1.82, 2.24) is 4.90 Å². The highest BCUT2D eigenvalue weighted by molar-refractivity contribution is 5.77. The van der Waals surface area contributed by atoms with E-state index in [2.05, 4.69) is 13.8 Å². The molecule has 1 N–H and O–H groups in total. The highest BCUT2D eigenvalue weighted by atomic mass is 16.5. The van der Waals surface area contributed by atoms with Crippen LogP contribution in [0.25, 0.3) is 0 Å². The number of amides is 1. The van der Waals surface area contributed by atoms with Crippen molar-refractivity contribution >= 4 is 5.91 Å². The zero-order chi connectivity index (χ0) is 15.1. The van der Waals surface area contributed by atoms with E-state index < -0.39 is 0 Å². The fourth-order valence-electron chi connectivity index (χ4n) is 2.07. The SMILES string of the molecule is CC(C)CC(C)N(C)C(=O)COc1cccc(CO)c1. The third-order valence-corrected chi connectivity index (χ3v) is 3.31. The van der Waals surface area contributed by atoms with Crippen molar-refractivity contribution in [3.8, 4) is 5.75 Å². The molecule has 0 bridgehead atoms. The van der Waals surface area contributed by atoms with Gasteiger partial charge in [-0.05, 0) is 37.0 Å². The van der Waals surface area contributed by atoms with Crippen molar-refractivity contribution in [3.63, 3.8) is 0 Å². The van der Waals surface area contributed by atoms with Crippen molar-refractivity contribution in [2.75, 3.05) is 13.7 Å². The Morgan fingerprint density at radius 3 is 2.65 bits per heavy atom. The summed E-state index contributed by atoms with van der Waals surface area (Å²) >= 11 is 0. The molecular formula is C16H25NO3. The minimum atomic E-state index is -0.0347. The summed E-state index contributed by atoms with van der Waals surface area (Å²) in [6.45, 7) is 6.33. The first-order valence-corrected chi connectivity index (χ1v) is 7.02. The Balaban J connectivity index is 2.49. The second kappa shape index (κ2) is 7.90. The molecule has 4 nitrogen and oxygen atoms in total. The van der Waals surface area contributed by atoms with Gasteiger partial charge < -0.3 is 14.7 Å².